The lowest BCUT2D eigenvalue weighted by Gasteiger charge is -2.34. The van der Waals surface area contributed by atoms with Crippen LogP contribution in [0, 0.1) is 11.8 Å². The Kier molecular flexibility index (Phi) is 5.25. The van der Waals surface area contributed by atoms with Gasteiger partial charge in [0.25, 0.3) is 0 Å². The number of nitrogens with zero attached hydrogens (tertiary/aromatic N) is 1. The maximum Gasteiger partial charge on any atom is 0.104 e. The van der Waals surface area contributed by atoms with Crippen LogP contribution in [0.15, 0.2) is 11.4 Å². The molecule has 1 aliphatic heterocycles. The number of piperidine rings is 1. The van der Waals surface area contributed by atoms with E-state index in [0.717, 1.165) is 18.2 Å². The van der Waals surface area contributed by atoms with Gasteiger partial charge in [-0.25, -0.2) is 0 Å². The Labute approximate surface area is 114 Å². The zero-order valence-corrected chi connectivity index (χ0v) is 11.8. The normalized spacial score (nSPS) is 20.4. The lowest BCUT2D eigenvalue weighted by molar-refractivity contribution is 0.137. The number of aliphatic hydroxyl groups is 1. The van der Waals surface area contributed by atoms with Crippen LogP contribution in [0.2, 0.25) is 0 Å². The van der Waals surface area contributed by atoms with Gasteiger partial charge in [-0.1, -0.05) is 25.2 Å². The van der Waals surface area contributed by atoms with Crippen LogP contribution < -0.4 is 0 Å². The lowest BCUT2D eigenvalue weighted by atomic mass is 10.00. The number of hydrogen-bond donors (Lipinski definition) is 1. The molecule has 2 rings (SSSR count). The summed E-state index contributed by atoms with van der Waals surface area (Å²) in [4.78, 5) is 4.00. The van der Waals surface area contributed by atoms with Gasteiger partial charge in [0, 0.05) is 28.4 Å². The quantitative estimate of drug-likeness (QED) is 0.848. The molecule has 1 aliphatic rings. The SMILES string of the molecule is CCC1CCCCN1Cc1cc(C#CCO)cs1. The number of rotatable bonds is 3. The van der Waals surface area contributed by atoms with Crippen LogP contribution in [0.5, 0.6) is 0 Å². The molecule has 1 aromatic rings. The Morgan fingerprint density at radius 1 is 1.50 bits per heavy atom. The minimum atomic E-state index is -0.0603. The third-order valence-corrected chi connectivity index (χ3v) is 4.47. The van der Waals surface area contributed by atoms with Gasteiger partial charge < -0.3 is 5.11 Å². The maximum absolute atomic E-state index is 8.68. The fourth-order valence-corrected chi connectivity index (χ4v) is 3.44. The molecule has 98 valence electrons. The second-order valence-electron chi connectivity index (χ2n) is 4.79. The van der Waals surface area contributed by atoms with Crippen molar-refractivity contribution in [2.24, 2.45) is 0 Å². The van der Waals surface area contributed by atoms with Crippen LogP contribution in [-0.2, 0) is 6.54 Å². The van der Waals surface area contributed by atoms with Gasteiger partial charge in [-0.2, -0.15) is 0 Å². The molecule has 0 amide bonds. The van der Waals surface area contributed by atoms with E-state index in [-0.39, 0.29) is 6.61 Å². The van der Waals surface area contributed by atoms with Crippen LogP contribution >= 0.6 is 11.3 Å². The van der Waals surface area contributed by atoms with Gasteiger partial charge in [-0.3, -0.25) is 4.90 Å². The van der Waals surface area contributed by atoms with E-state index in [1.807, 2.05) is 0 Å². The molecule has 2 nitrogen and oxygen atoms in total. The molecule has 1 aromatic heterocycles. The zero-order chi connectivity index (χ0) is 12.8. The van der Waals surface area contributed by atoms with Gasteiger partial charge in [0.15, 0.2) is 0 Å². The molecular formula is C15H21NOS. The van der Waals surface area contributed by atoms with Crippen LogP contribution in [-0.4, -0.2) is 29.2 Å². The molecule has 1 fully saturated rings. The Bertz CT molecular complexity index is 429. The van der Waals surface area contributed by atoms with Crippen molar-refractivity contribution < 1.29 is 5.11 Å². The van der Waals surface area contributed by atoms with E-state index < -0.39 is 0 Å². The Morgan fingerprint density at radius 2 is 2.39 bits per heavy atom. The second-order valence-corrected chi connectivity index (χ2v) is 5.79. The van der Waals surface area contributed by atoms with Crippen molar-refractivity contribution in [2.45, 2.75) is 45.2 Å². The summed E-state index contributed by atoms with van der Waals surface area (Å²) in [6.07, 6.45) is 5.31. The van der Waals surface area contributed by atoms with Crippen molar-refractivity contribution in [1.82, 2.24) is 4.90 Å². The molecule has 0 spiro atoms. The first kappa shape index (κ1) is 13.6. The van der Waals surface area contributed by atoms with Crippen molar-refractivity contribution in [3.05, 3.63) is 21.9 Å². The van der Waals surface area contributed by atoms with Crippen molar-refractivity contribution in [3.63, 3.8) is 0 Å². The molecule has 2 heterocycles. The summed E-state index contributed by atoms with van der Waals surface area (Å²) in [7, 11) is 0. The summed E-state index contributed by atoms with van der Waals surface area (Å²) >= 11 is 1.78. The monoisotopic (exact) mass is 263 g/mol. The van der Waals surface area contributed by atoms with E-state index in [9.17, 15) is 0 Å². The molecular weight excluding hydrogens is 242 g/mol. The predicted octanol–water partition coefficient (Wildman–Crippen LogP) is 2.86. The van der Waals surface area contributed by atoms with Crippen molar-refractivity contribution in [2.75, 3.05) is 13.2 Å². The summed E-state index contributed by atoms with van der Waals surface area (Å²) in [5.74, 6) is 5.67. The summed E-state index contributed by atoms with van der Waals surface area (Å²) in [6, 6.07) is 2.92. The minimum Gasteiger partial charge on any atom is -0.384 e. The molecule has 0 radical (unpaired) electrons. The first-order valence-electron chi connectivity index (χ1n) is 6.74. The predicted molar refractivity (Wildman–Crippen MR) is 76.6 cm³/mol. The van der Waals surface area contributed by atoms with Crippen LogP contribution in [0.3, 0.4) is 0 Å². The van der Waals surface area contributed by atoms with Gasteiger partial charge in [-0.05, 0) is 31.9 Å². The highest BCUT2D eigenvalue weighted by atomic mass is 32.1. The van der Waals surface area contributed by atoms with Crippen molar-refractivity contribution in [1.29, 1.82) is 0 Å². The number of thiophene rings is 1. The minimum absolute atomic E-state index is 0.0603. The van der Waals surface area contributed by atoms with Gasteiger partial charge in [0.1, 0.15) is 6.61 Å². The van der Waals surface area contributed by atoms with E-state index >= 15 is 0 Å². The van der Waals surface area contributed by atoms with Crippen molar-refractivity contribution in [3.8, 4) is 11.8 Å². The van der Waals surface area contributed by atoms with Crippen LogP contribution in [0.25, 0.3) is 0 Å². The molecule has 0 aliphatic carbocycles. The molecule has 0 bridgehead atoms. The molecule has 0 saturated carbocycles. The molecule has 1 unspecified atom stereocenters. The molecule has 1 atom stereocenters. The Morgan fingerprint density at radius 3 is 3.17 bits per heavy atom. The van der Waals surface area contributed by atoms with Gasteiger partial charge in [0.05, 0.1) is 0 Å². The summed E-state index contributed by atoms with van der Waals surface area (Å²) in [5, 5.41) is 10.8. The smallest absolute Gasteiger partial charge is 0.104 e. The van der Waals surface area contributed by atoms with E-state index in [4.69, 9.17) is 5.11 Å². The number of likely N-dealkylation sites (tertiary alicyclic amines) is 1. The lowest BCUT2D eigenvalue weighted by Crippen LogP contribution is -2.38. The van der Waals surface area contributed by atoms with E-state index in [1.165, 1.54) is 37.1 Å². The topological polar surface area (TPSA) is 23.5 Å². The maximum atomic E-state index is 8.68. The highest BCUT2D eigenvalue weighted by molar-refractivity contribution is 7.10. The van der Waals surface area contributed by atoms with E-state index in [2.05, 4.69) is 35.1 Å². The summed E-state index contributed by atoms with van der Waals surface area (Å²) < 4.78 is 0. The summed E-state index contributed by atoms with van der Waals surface area (Å²) in [6.45, 7) is 4.52. The van der Waals surface area contributed by atoms with Crippen molar-refractivity contribution >= 4 is 11.3 Å². The van der Waals surface area contributed by atoms with E-state index in [1.54, 1.807) is 11.3 Å². The Hall–Kier alpha value is -0.820. The fourth-order valence-electron chi connectivity index (χ4n) is 2.60. The van der Waals surface area contributed by atoms with E-state index in [0.29, 0.717) is 0 Å². The third-order valence-electron chi connectivity index (χ3n) is 3.54. The Balaban J connectivity index is 1.97. The number of aliphatic hydroxyl groups excluding tert-OH is 1. The molecule has 1 saturated heterocycles. The molecule has 1 N–H and O–H groups in total. The highest BCUT2D eigenvalue weighted by Crippen LogP contribution is 2.24. The summed E-state index contributed by atoms with van der Waals surface area (Å²) in [5.41, 5.74) is 1.04. The van der Waals surface area contributed by atoms with Gasteiger partial charge >= 0.3 is 0 Å². The molecule has 0 aromatic carbocycles. The fraction of sp³-hybridized carbons (Fsp3) is 0.600. The molecule has 3 heteroatoms. The average Bonchev–Trinajstić information content (AvgIpc) is 2.84. The van der Waals surface area contributed by atoms with Crippen LogP contribution in [0.1, 0.15) is 43.0 Å². The molecule has 18 heavy (non-hydrogen) atoms. The highest BCUT2D eigenvalue weighted by Gasteiger charge is 2.20. The number of hydrogen-bond acceptors (Lipinski definition) is 3. The second kappa shape index (κ2) is 6.94. The van der Waals surface area contributed by atoms with Gasteiger partial charge in [0.2, 0.25) is 0 Å². The standard InChI is InChI=1S/C15H21NOS/c1-2-14-7-3-4-8-16(14)11-15-10-13(12-18-15)6-5-9-17/h10,12,14,17H,2-4,7-9,11H2,1H3. The average molecular weight is 263 g/mol. The third kappa shape index (κ3) is 3.58. The van der Waals surface area contributed by atoms with Crippen LogP contribution in [0.4, 0.5) is 0 Å². The first-order chi connectivity index (χ1) is 8.83. The zero-order valence-electron chi connectivity index (χ0n) is 11.0. The first-order valence-corrected chi connectivity index (χ1v) is 7.62. The largest absolute Gasteiger partial charge is 0.384 e. The van der Waals surface area contributed by atoms with Gasteiger partial charge in [-0.15, -0.1) is 11.3 Å².